The van der Waals surface area contributed by atoms with E-state index in [9.17, 15) is 26.4 Å². The van der Waals surface area contributed by atoms with Gasteiger partial charge in [0.15, 0.2) is 9.84 Å². The van der Waals surface area contributed by atoms with Crippen molar-refractivity contribution < 1.29 is 36.2 Å². The van der Waals surface area contributed by atoms with E-state index in [2.05, 4.69) is 10.4 Å². The molecule has 1 aromatic heterocycles. The predicted octanol–water partition coefficient (Wildman–Crippen LogP) is 4.07. The van der Waals surface area contributed by atoms with Gasteiger partial charge in [-0.05, 0) is 57.2 Å². The third-order valence-electron chi connectivity index (χ3n) is 6.31. The number of hydrogen-bond donors (Lipinski definition) is 2. The van der Waals surface area contributed by atoms with Crippen molar-refractivity contribution in [1.29, 1.82) is 5.26 Å². The molecule has 1 heterocycles. The van der Waals surface area contributed by atoms with Crippen LogP contribution in [-0.2, 0) is 27.8 Å². The van der Waals surface area contributed by atoms with Crippen LogP contribution in [0.5, 0.6) is 0 Å². The van der Waals surface area contributed by atoms with Gasteiger partial charge in [-0.1, -0.05) is 6.07 Å². The van der Waals surface area contributed by atoms with Crippen LogP contribution in [0.25, 0.3) is 11.3 Å². The Bertz CT molecular complexity index is 1280. The molecule has 0 saturated heterocycles. The number of aromatic nitrogens is 2. The molecule has 0 spiro atoms. The summed E-state index contributed by atoms with van der Waals surface area (Å²) >= 11 is 0. The lowest BCUT2D eigenvalue weighted by atomic mass is 10.1. The second-order valence-corrected chi connectivity index (χ2v) is 11.2. The number of alkyl halides is 3. The molecule has 1 amide bonds. The number of rotatable bonds is 5. The molecule has 1 aromatic carbocycles. The molecule has 0 bridgehead atoms. The fraction of sp³-hybridized carbons (Fsp3) is 0.522. The number of methoxy groups -OCH3 is 1. The number of aryl methyl sites for hydroxylation is 2. The fourth-order valence-electron chi connectivity index (χ4n) is 4.21. The molecule has 4 rings (SSSR count). The maximum absolute atomic E-state index is 13.7. The van der Waals surface area contributed by atoms with Gasteiger partial charge in [0, 0.05) is 19.7 Å². The van der Waals surface area contributed by atoms with E-state index >= 15 is 0 Å². The first kappa shape index (κ1) is 27.5. The Labute approximate surface area is 206 Å². The molecule has 2 fully saturated rings. The summed E-state index contributed by atoms with van der Waals surface area (Å²) in [5.74, 6) is 0. The van der Waals surface area contributed by atoms with E-state index in [0.29, 0.717) is 37.1 Å². The van der Waals surface area contributed by atoms with Crippen LogP contribution in [0.15, 0.2) is 29.2 Å². The van der Waals surface area contributed by atoms with Gasteiger partial charge in [-0.3, -0.25) is 4.68 Å². The summed E-state index contributed by atoms with van der Waals surface area (Å²) in [6.07, 6.45) is -3.82. The van der Waals surface area contributed by atoms with E-state index in [0.717, 1.165) is 12.1 Å². The topological polar surface area (TPSA) is 134 Å². The lowest BCUT2D eigenvalue weighted by Crippen LogP contribution is -2.33. The zero-order valence-corrected chi connectivity index (χ0v) is 20.8. The summed E-state index contributed by atoms with van der Waals surface area (Å²) in [5.41, 5.74) is -0.451. The van der Waals surface area contributed by atoms with Gasteiger partial charge in [0.05, 0.1) is 39.3 Å². The molecule has 36 heavy (non-hydrogen) atoms. The minimum absolute atomic E-state index is 0.207. The molecular formula is C23H27F3N4O5S. The summed E-state index contributed by atoms with van der Waals surface area (Å²) in [6, 6.07) is 6.91. The van der Waals surface area contributed by atoms with Gasteiger partial charge >= 0.3 is 12.3 Å². The molecular weight excluding hydrogens is 501 g/mol. The molecule has 2 aliphatic carbocycles. The summed E-state index contributed by atoms with van der Waals surface area (Å²) in [4.78, 5) is 9.28. The Balaban J connectivity index is 0.000000338. The Morgan fingerprint density at radius 3 is 2.39 bits per heavy atom. The van der Waals surface area contributed by atoms with Crippen LogP contribution in [0.3, 0.4) is 0 Å². The van der Waals surface area contributed by atoms with Gasteiger partial charge in [-0.15, -0.1) is 0 Å². The first-order valence-electron chi connectivity index (χ1n) is 11.1. The highest BCUT2D eigenvalue weighted by molar-refractivity contribution is 7.92. The van der Waals surface area contributed by atoms with Crippen molar-refractivity contribution in [2.24, 2.45) is 7.05 Å². The third kappa shape index (κ3) is 5.99. The van der Waals surface area contributed by atoms with Crippen LogP contribution in [-0.4, -0.2) is 53.4 Å². The summed E-state index contributed by atoms with van der Waals surface area (Å²) < 4.78 is 73.6. The molecule has 2 atom stereocenters. The average molecular weight is 529 g/mol. The molecule has 2 N–H and O–H groups in total. The number of nitrogens with zero attached hydrogens (tertiary/aromatic N) is 3. The number of nitriles is 1. The highest BCUT2D eigenvalue weighted by Gasteiger charge is 2.45. The number of benzene rings is 1. The average Bonchev–Trinajstić information content (AvgIpc) is 3.23. The highest BCUT2D eigenvalue weighted by atomic mass is 32.2. The van der Waals surface area contributed by atoms with E-state index in [4.69, 9.17) is 15.1 Å². The van der Waals surface area contributed by atoms with Crippen LogP contribution >= 0.6 is 0 Å². The van der Waals surface area contributed by atoms with E-state index in [1.165, 1.54) is 17.9 Å². The normalized spacial score (nSPS) is 20.7. The number of halogens is 3. The van der Waals surface area contributed by atoms with Gasteiger partial charge in [0.25, 0.3) is 0 Å². The fourth-order valence-corrected chi connectivity index (χ4v) is 6.22. The Hall–Kier alpha value is -3.11. The molecule has 2 aromatic rings. The van der Waals surface area contributed by atoms with Crippen LogP contribution in [0.4, 0.5) is 18.0 Å². The lowest BCUT2D eigenvalue weighted by molar-refractivity contribution is -0.139. The summed E-state index contributed by atoms with van der Waals surface area (Å²) in [7, 11) is -1.02. The Kier molecular flexibility index (Phi) is 7.71. The zero-order valence-electron chi connectivity index (χ0n) is 20.0. The van der Waals surface area contributed by atoms with Gasteiger partial charge < -0.3 is 15.2 Å². The maximum Gasteiger partial charge on any atom is 0.417 e. The quantitative estimate of drug-likeness (QED) is 0.598. The maximum atomic E-state index is 13.7. The number of amides is 1. The monoisotopic (exact) mass is 528 g/mol. The zero-order chi connectivity index (χ0) is 26.9. The molecule has 9 nitrogen and oxygen atoms in total. The van der Waals surface area contributed by atoms with Crippen molar-refractivity contribution in [2.75, 3.05) is 7.11 Å². The van der Waals surface area contributed by atoms with Gasteiger partial charge in [-0.25, -0.2) is 13.2 Å². The van der Waals surface area contributed by atoms with E-state index in [1.807, 2.05) is 6.07 Å². The number of sulfone groups is 1. The summed E-state index contributed by atoms with van der Waals surface area (Å²) in [5, 5.41) is 21.9. The first-order chi connectivity index (χ1) is 16.7. The molecule has 2 saturated carbocycles. The van der Waals surface area contributed by atoms with Crippen LogP contribution in [0.1, 0.15) is 43.4 Å². The molecule has 0 unspecified atom stereocenters. The standard InChI is InChI=1S/C18H21F3N2O3S.C5H6N2O2/c1-11-8-16(23(2)22-11)12-4-7-17(15(9-12)18(19,20)21)27(24,25)14-6-5-13(10-14)26-3;6-3-5(1-2-5)7-4(8)9/h4,7-9,13-14H,5-6,10H2,1-3H3;7H,1-2H2,(H,8,9)/t13-,14-;/m0./s1. The van der Waals surface area contributed by atoms with Crippen molar-refractivity contribution in [3.05, 3.63) is 35.5 Å². The number of carbonyl (C=O) groups is 1. The molecule has 13 heteroatoms. The predicted molar refractivity (Wildman–Crippen MR) is 123 cm³/mol. The first-order valence-corrected chi connectivity index (χ1v) is 12.7. The van der Waals surface area contributed by atoms with Crippen molar-refractivity contribution in [3.8, 4) is 17.3 Å². The molecule has 2 aliphatic rings. The van der Waals surface area contributed by atoms with Gasteiger partial charge in [0.2, 0.25) is 0 Å². The Morgan fingerprint density at radius 1 is 1.31 bits per heavy atom. The van der Waals surface area contributed by atoms with Gasteiger partial charge in [0.1, 0.15) is 5.54 Å². The number of carboxylic acid groups (broad SMARTS) is 1. The highest BCUT2D eigenvalue weighted by Crippen LogP contribution is 2.40. The number of hydrogen-bond acceptors (Lipinski definition) is 6. The lowest BCUT2D eigenvalue weighted by Gasteiger charge is -2.18. The van der Waals surface area contributed by atoms with Crippen LogP contribution in [0, 0.1) is 18.3 Å². The van der Waals surface area contributed by atoms with Crippen LogP contribution in [0.2, 0.25) is 0 Å². The summed E-state index contributed by atoms with van der Waals surface area (Å²) in [6.45, 7) is 1.74. The van der Waals surface area contributed by atoms with Gasteiger partial charge in [-0.2, -0.15) is 23.5 Å². The second-order valence-electron chi connectivity index (χ2n) is 8.97. The Morgan fingerprint density at radius 2 is 1.97 bits per heavy atom. The van der Waals surface area contributed by atoms with Crippen molar-refractivity contribution in [3.63, 3.8) is 0 Å². The largest absolute Gasteiger partial charge is 0.465 e. The van der Waals surface area contributed by atoms with Crippen molar-refractivity contribution >= 4 is 15.9 Å². The second kappa shape index (κ2) is 10.1. The number of nitrogens with one attached hydrogen (secondary N) is 1. The van der Waals surface area contributed by atoms with E-state index in [1.54, 1.807) is 20.0 Å². The number of ether oxygens (including phenoxy) is 1. The van der Waals surface area contributed by atoms with E-state index < -0.39 is 43.4 Å². The third-order valence-corrected chi connectivity index (χ3v) is 8.58. The molecule has 196 valence electrons. The molecule has 0 aliphatic heterocycles. The van der Waals surface area contributed by atoms with Crippen molar-refractivity contribution in [2.45, 2.75) is 67.0 Å². The minimum atomic E-state index is -4.79. The van der Waals surface area contributed by atoms with Crippen LogP contribution < -0.4 is 5.32 Å². The minimum Gasteiger partial charge on any atom is -0.465 e. The molecule has 0 radical (unpaired) electrons. The van der Waals surface area contributed by atoms with E-state index in [-0.39, 0.29) is 18.1 Å². The van der Waals surface area contributed by atoms with Crippen molar-refractivity contribution in [1.82, 2.24) is 15.1 Å². The SMILES string of the molecule is CO[C@H]1CC[C@H](S(=O)(=O)c2ccc(-c3cc(C)nn3C)cc2C(F)(F)F)C1.N#CC1(NC(=O)O)CC1. The smallest absolute Gasteiger partial charge is 0.417 e.